The number of hydrogen-bond donors (Lipinski definition) is 5. The van der Waals surface area contributed by atoms with E-state index in [0.717, 1.165) is 56.2 Å². The number of methoxy groups -OCH3 is 1. The maximum atomic E-state index is 13.5. The zero-order valence-electron chi connectivity index (χ0n) is 24.8. The average molecular weight is 576 g/mol. The lowest BCUT2D eigenvalue weighted by Crippen LogP contribution is -2.39. The van der Waals surface area contributed by atoms with Gasteiger partial charge in [-0.05, 0) is 110 Å². The van der Waals surface area contributed by atoms with Crippen LogP contribution in [0, 0.1) is 5.92 Å². The molecule has 3 aromatic carbocycles. The Kier molecular flexibility index (Phi) is 10.9. The number of nitrogens with one attached hydrogen (secondary N) is 1. The summed E-state index contributed by atoms with van der Waals surface area (Å²) < 4.78 is 5.33. The van der Waals surface area contributed by atoms with Crippen LogP contribution in [0.1, 0.15) is 74.0 Å². The van der Waals surface area contributed by atoms with Gasteiger partial charge >= 0.3 is 0 Å². The second kappa shape index (κ2) is 14.6. The molecule has 7 heteroatoms. The number of hydrogen-bond acceptors (Lipinski definition) is 7. The second-order valence-corrected chi connectivity index (χ2v) is 12.0. The van der Waals surface area contributed by atoms with Gasteiger partial charge in [-0.3, -0.25) is 4.79 Å². The van der Waals surface area contributed by atoms with Gasteiger partial charge in [0.25, 0.3) is 0 Å². The van der Waals surface area contributed by atoms with Crippen molar-refractivity contribution >= 4 is 5.78 Å². The number of aliphatic hydroxyl groups is 1. The molecule has 0 unspecified atom stereocenters. The molecule has 1 aliphatic carbocycles. The molecule has 0 saturated heterocycles. The van der Waals surface area contributed by atoms with E-state index in [9.17, 15) is 25.2 Å². The first-order valence-electron chi connectivity index (χ1n) is 15.0. The number of rotatable bonds is 14. The van der Waals surface area contributed by atoms with Crippen molar-refractivity contribution in [1.29, 1.82) is 0 Å². The largest absolute Gasteiger partial charge is 0.504 e. The van der Waals surface area contributed by atoms with Gasteiger partial charge in [0.2, 0.25) is 0 Å². The Hall–Kier alpha value is -3.55. The quantitative estimate of drug-likeness (QED) is 0.150. The fraction of sp³-hybridized carbons (Fsp3) is 0.457. The van der Waals surface area contributed by atoms with Crippen LogP contribution in [-0.4, -0.2) is 53.0 Å². The van der Waals surface area contributed by atoms with E-state index in [-0.39, 0.29) is 41.8 Å². The summed E-state index contributed by atoms with van der Waals surface area (Å²) in [5.41, 5.74) is 2.60. The zero-order valence-corrected chi connectivity index (χ0v) is 24.8. The smallest absolute Gasteiger partial charge is 0.160 e. The number of aromatic hydroxyl groups is 3. The molecular formula is C35H45NO6. The van der Waals surface area contributed by atoms with E-state index in [1.54, 1.807) is 18.2 Å². The highest BCUT2D eigenvalue weighted by Gasteiger charge is 2.40. The molecule has 0 amide bonds. The van der Waals surface area contributed by atoms with Gasteiger partial charge in [0.1, 0.15) is 5.78 Å². The molecular weight excluding hydrogens is 530 g/mol. The Balaban J connectivity index is 1.50. The van der Waals surface area contributed by atoms with Crippen LogP contribution in [0.4, 0.5) is 0 Å². The van der Waals surface area contributed by atoms with E-state index < -0.39 is 11.5 Å². The summed E-state index contributed by atoms with van der Waals surface area (Å²) in [6.07, 6.45) is 5.15. The molecule has 4 atom stereocenters. The molecule has 7 nitrogen and oxygen atoms in total. The molecule has 5 N–H and O–H groups in total. The summed E-state index contributed by atoms with van der Waals surface area (Å²) in [4.78, 5) is 13.5. The van der Waals surface area contributed by atoms with Crippen LogP contribution in [0.25, 0.3) is 0 Å². The number of Topliss-reactive ketones (excluding diaryl/α,β-unsaturated/α-hetero) is 1. The Bertz CT molecular complexity index is 1310. The lowest BCUT2D eigenvalue weighted by molar-refractivity contribution is -0.121. The van der Waals surface area contributed by atoms with Crippen molar-refractivity contribution in [3.05, 3.63) is 83.4 Å². The van der Waals surface area contributed by atoms with Gasteiger partial charge in [-0.15, -0.1) is 0 Å². The lowest BCUT2D eigenvalue weighted by Gasteiger charge is -2.43. The summed E-state index contributed by atoms with van der Waals surface area (Å²) in [7, 11) is 3.45. The van der Waals surface area contributed by atoms with Crippen LogP contribution in [-0.2, 0) is 16.6 Å². The molecule has 1 saturated carbocycles. The fourth-order valence-electron chi connectivity index (χ4n) is 6.83. The third-order valence-corrected chi connectivity index (χ3v) is 8.89. The van der Waals surface area contributed by atoms with Crippen molar-refractivity contribution in [2.24, 2.45) is 5.92 Å². The maximum absolute atomic E-state index is 13.5. The molecule has 0 aromatic heterocycles. The topological polar surface area (TPSA) is 119 Å². The number of aliphatic hydroxyl groups excluding tert-OH is 1. The van der Waals surface area contributed by atoms with E-state index in [1.807, 2.05) is 37.4 Å². The van der Waals surface area contributed by atoms with Crippen LogP contribution >= 0.6 is 0 Å². The summed E-state index contributed by atoms with van der Waals surface area (Å²) in [6, 6.07) is 20.3. The highest BCUT2D eigenvalue weighted by Crippen LogP contribution is 2.47. The van der Waals surface area contributed by atoms with E-state index in [0.29, 0.717) is 18.1 Å². The van der Waals surface area contributed by atoms with Gasteiger partial charge < -0.3 is 30.5 Å². The number of ether oxygens (including phenoxy) is 1. The number of carbonyl (C=O) groups is 1. The van der Waals surface area contributed by atoms with Gasteiger partial charge in [-0.2, -0.15) is 0 Å². The van der Waals surface area contributed by atoms with Crippen LogP contribution < -0.4 is 10.1 Å². The van der Waals surface area contributed by atoms with Crippen LogP contribution in [0.3, 0.4) is 0 Å². The van der Waals surface area contributed by atoms with Crippen LogP contribution in [0.15, 0.2) is 66.7 Å². The second-order valence-electron chi connectivity index (χ2n) is 12.0. The van der Waals surface area contributed by atoms with Crippen molar-refractivity contribution in [2.45, 2.75) is 75.2 Å². The fourth-order valence-corrected chi connectivity index (χ4v) is 6.83. The first-order valence-corrected chi connectivity index (χ1v) is 15.0. The van der Waals surface area contributed by atoms with Crippen molar-refractivity contribution in [3.8, 4) is 23.0 Å². The molecule has 42 heavy (non-hydrogen) atoms. The molecule has 226 valence electrons. The lowest BCUT2D eigenvalue weighted by atomic mass is 9.63. The molecule has 0 spiro atoms. The molecule has 4 rings (SSSR count). The molecule has 0 heterocycles. The first-order chi connectivity index (χ1) is 20.2. The van der Waals surface area contributed by atoms with Gasteiger partial charge in [-0.1, -0.05) is 48.9 Å². The van der Waals surface area contributed by atoms with Gasteiger partial charge in [0, 0.05) is 12.8 Å². The predicted molar refractivity (Wildman–Crippen MR) is 164 cm³/mol. The van der Waals surface area contributed by atoms with Crippen LogP contribution in [0.2, 0.25) is 0 Å². The molecule has 1 fully saturated rings. The van der Waals surface area contributed by atoms with Gasteiger partial charge in [0.05, 0.1) is 13.2 Å². The third kappa shape index (κ3) is 8.05. The summed E-state index contributed by atoms with van der Waals surface area (Å²) in [5.74, 6) is 0.389. The van der Waals surface area contributed by atoms with Gasteiger partial charge in [0.15, 0.2) is 23.0 Å². The monoisotopic (exact) mass is 575 g/mol. The van der Waals surface area contributed by atoms with Crippen molar-refractivity contribution in [1.82, 2.24) is 5.32 Å². The molecule has 3 aromatic rings. The highest BCUT2D eigenvalue weighted by molar-refractivity contribution is 5.79. The van der Waals surface area contributed by atoms with Crippen molar-refractivity contribution in [3.63, 3.8) is 0 Å². The van der Waals surface area contributed by atoms with Crippen LogP contribution in [0.5, 0.6) is 23.0 Å². The Morgan fingerprint density at radius 3 is 2.48 bits per heavy atom. The number of phenolic OH excluding ortho intramolecular Hbond substituents is 3. The number of phenols is 3. The van der Waals surface area contributed by atoms with Crippen molar-refractivity contribution < 1.29 is 30.0 Å². The highest BCUT2D eigenvalue weighted by atomic mass is 16.5. The zero-order chi connectivity index (χ0) is 30.1. The minimum absolute atomic E-state index is 0.0149. The predicted octanol–water partition coefficient (Wildman–Crippen LogP) is 5.98. The number of aryl methyl sites for hydroxylation is 1. The summed E-state index contributed by atoms with van der Waals surface area (Å²) >= 11 is 0. The minimum atomic E-state index is -0.842. The molecule has 1 aliphatic rings. The standard InChI is InChI=1S/C35H45NO6/c1-36-23-25-9-6-16-35(21-25,28-13-15-31(39)33(41)19-28)22-30(38)20-29(37)17-26(11-10-24-7-4-3-5-8-24)27-12-14-32(40)34(18-27)42-2/h3-5,7-8,12-15,18-19,25-26,30,36,38-41H,6,9-11,16-17,20-23H2,1-2H3/t25-,26+,30+,35-/m1/s1. The summed E-state index contributed by atoms with van der Waals surface area (Å²) in [6.45, 7) is 0.861. The van der Waals surface area contributed by atoms with E-state index in [2.05, 4.69) is 17.4 Å². The maximum Gasteiger partial charge on any atom is 0.160 e. The van der Waals surface area contributed by atoms with Crippen molar-refractivity contribution in [2.75, 3.05) is 20.7 Å². The molecule has 0 radical (unpaired) electrons. The average Bonchev–Trinajstić information content (AvgIpc) is 2.97. The Morgan fingerprint density at radius 2 is 1.76 bits per heavy atom. The van der Waals surface area contributed by atoms with E-state index in [4.69, 9.17) is 4.74 Å². The number of ketones is 1. The van der Waals surface area contributed by atoms with Gasteiger partial charge in [-0.25, -0.2) is 0 Å². The number of benzene rings is 3. The molecule has 0 aliphatic heterocycles. The first kappa shape index (κ1) is 31.4. The Morgan fingerprint density at radius 1 is 1.00 bits per heavy atom. The number of carbonyl (C=O) groups excluding carboxylic acids is 1. The summed E-state index contributed by atoms with van der Waals surface area (Å²) in [5, 5.41) is 45.0. The van der Waals surface area contributed by atoms with E-state index >= 15 is 0 Å². The normalized spacial score (nSPS) is 20.1. The minimum Gasteiger partial charge on any atom is -0.504 e. The molecule has 0 bridgehead atoms. The SMILES string of the molecule is CNC[C@@H]1CCC[C@@](C[C@@H](O)CC(=O)C[C@H](CCc2ccccc2)c2ccc(O)c(OC)c2)(c2ccc(O)c(O)c2)C1. The van der Waals surface area contributed by atoms with E-state index in [1.165, 1.54) is 18.7 Å². The third-order valence-electron chi connectivity index (χ3n) is 8.89. The Labute approximate surface area is 249 Å².